The van der Waals surface area contributed by atoms with Gasteiger partial charge in [0, 0.05) is 16.5 Å². The van der Waals surface area contributed by atoms with Crippen molar-refractivity contribution in [3.8, 4) is 11.3 Å². The predicted molar refractivity (Wildman–Crippen MR) is 130 cm³/mol. The summed E-state index contributed by atoms with van der Waals surface area (Å²) in [6, 6.07) is 15.8. The zero-order chi connectivity index (χ0) is 23.7. The largest absolute Gasteiger partial charge is 0.461 e. The van der Waals surface area contributed by atoms with E-state index < -0.39 is 5.91 Å². The normalized spacial score (nSPS) is 15.0. The number of furan rings is 1. The summed E-state index contributed by atoms with van der Waals surface area (Å²) < 4.78 is 6.48. The summed E-state index contributed by atoms with van der Waals surface area (Å²) in [5, 5.41) is 7.74. The van der Waals surface area contributed by atoms with Gasteiger partial charge in [0.15, 0.2) is 5.76 Å². The maximum atomic E-state index is 13.2. The number of benzene rings is 1. The zero-order valence-electron chi connectivity index (χ0n) is 18.6. The zero-order valence-corrected chi connectivity index (χ0v) is 19.4. The fourth-order valence-electron chi connectivity index (χ4n) is 4.24. The van der Waals surface area contributed by atoms with E-state index in [0.29, 0.717) is 22.2 Å². The molecular weight excluding hydrogens is 450 g/mol. The van der Waals surface area contributed by atoms with Gasteiger partial charge in [-0.25, -0.2) is 4.68 Å². The predicted octanol–water partition coefficient (Wildman–Crippen LogP) is 4.56. The number of carbonyl (C=O) groups excluding carboxylic acids is 2. The fourth-order valence-corrected chi connectivity index (χ4v) is 5.66. The van der Waals surface area contributed by atoms with Crippen LogP contribution in [0, 0.1) is 5.92 Å². The summed E-state index contributed by atoms with van der Waals surface area (Å²) in [7, 11) is 0. The second-order valence-electron chi connectivity index (χ2n) is 8.49. The molecule has 0 spiro atoms. The summed E-state index contributed by atoms with van der Waals surface area (Å²) in [6.07, 6.45) is 4.10. The van der Waals surface area contributed by atoms with Crippen LogP contribution in [-0.2, 0) is 24.2 Å². The lowest BCUT2D eigenvalue weighted by atomic mass is 9.87. The number of ketones is 1. The molecule has 1 N–H and O–H groups in total. The number of amides is 1. The van der Waals surface area contributed by atoms with Crippen molar-refractivity contribution in [1.29, 1.82) is 0 Å². The van der Waals surface area contributed by atoms with Crippen molar-refractivity contribution in [2.24, 2.45) is 5.92 Å². The number of carbonyl (C=O) groups is 2. The first-order valence-electron chi connectivity index (χ1n) is 11.2. The number of anilines is 1. The average molecular weight is 474 g/mol. The van der Waals surface area contributed by atoms with Gasteiger partial charge in [0.1, 0.15) is 11.5 Å². The van der Waals surface area contributed by atoms with E-state index in [1.54, 1.807) is 18.2 Å². The van der Waals surface area contributed by atoms with Gasteiger partial charge in [-0.05, 0) is 48.9 Å². The molecule has 3 aromatic heterocycles. The van der Waals surface area contributed by atoms with Crippen molar-refractivity contribution < 1.29 is 14.0 Å². The number of hydrogen-bond acceptors (Lipinski definition) is 6. The molecule has 8 heteroatoms. The van der Waals surface area contributed by atoms with Crippen LogP contribution in [0.3, 0.4) is 0 Å². The fraction of sp³-hybridized carbons (Fsp3) is 0.231. The van der Waals surface area contributed by atoms with Crippen LogP contribution in [0.15, 0.2) is 70.1 Å². The van der Waals surface area contributed by atoms with Gasteiger partial charge in [-0.3, -0.25) is 14.4 Å². The Morgan fingerprint density at radius 3 is 2.74 bits per heavy atom. The molecule has 1 aliphatic carbocycles. The van der Waals surface area contributed by atoms with Crippen molar-refractivity contribution >= 4 is 28.0 Å². The molecule has 1 atom stereocenters. The maximum absolute atomic E-state index is 13.2. The van der Waals surface area contributed by atoms with E-state index in [2.05, 4.69) is 17.3 Å². The minimum absolute atomic E-state index is 0.239. The minimum Gasteiger partial charge on any atom is -0.461 e. The van der Waals surface area contributed by atoms with E-state index in [-0.39, 0.29) is 23.6 Å². The van der Waals surface area contributed by atoms with Gasteiger partial charge in [-0.1, -0.05) is 37.3 Å². The molecule has 1 aliphatic rings. The molecule has 0 saturated carbocycles. The van der Waals surface area contributed by atoms with Crippen LogP contribution in [0.4, 0.5) is 5.00 Å². The second-order valence-corrected chi connectivity index (χ2v) is 9.60. The lowest BCUT2D eigenvalue weighted by Crippen LogP contribution is -2.29. The Balaban J connectivity index is 1.43. The molecule has 7 nitrogen and oxygen atoms in total. The van der Waals surface area contributed by atoms with Gasteiger partial charge in [-0.15, -0.1) is 11.3 Å². The highest BCUT2D eigenvalue weighted by Crippen LogP contribution is 2.40. The Morgan fingerprint density at radius 1 is 1.15 bits per heavy atom. The van der Waals surface area contributed by atoms with Crippen LogP contribution in [-0.4, -0.2) is 21.5 Å². The summed E-state index contributed by atoms with van der Waals surface area (Å²) in [4.78, 5) is 39.7. The SMILES string of the molecule is CC1CCc2c(sc(NC(=O)Cn3nc(-c4ccccc4)ccc3=O)c2C(=O)c2ccco2)C1. The lowest BCUT2D eigenvalue weighted by molar-refractivity contribution is -0.117. The number of rotatable bonds is 6. The minimum atomic E-state index is -0.417. The highest BCUT2D eigenvalue weighted by Gasteiger charge is 2.30. The Bertz CT molecular complexity index is 1400. The van der Waals surface area contributed by atoms with E-state index in [1.807, 2.05) is 30.3 Å². The van der Waals surface area contributed by atoms with Crippen molar-refractivity contribution in [2.45, 2.75) is 32.7 Å². The molecular formula is C26H23N3O4S. The average Bonchev–Trinajstić information content (AvgIpc) is 3.48. The van der Waals surface area contributed by atoms with Crippen LogP contribution in [0.1, 0.15) is 39.9 Å². The number of aromatic nitrogens is 2. The molecule has 0 bridgehead atoms. The van der Waals surface area contributed by atoms with Gasteiger partial charge in [0.05, 0.1) is 17.5 Å². The van der Waals surface area contributed by atoms with Gasteiger partial charge in [-0.2, -0.15) is 5.10 Å². The second kappa shape index (κ2) is 9.23. The number of nitrogens with one attached hydrogen (secondary N) is 1. The topological polar surface area (TPSA) is 94.2 Å². The van der Waals surface area contributed by atoms with Crippen LogP contribution in [0.5, 0.6) is 0 Å². The molecule has 4 aromatic rings. The molecule has 0 aliphatic heterocycles. The number of nitrogens with zero attached hydrogens (tertiary/aromatic N) is 2. The van der Waals surface area contributed by atoms with E-state index in [0.717, 1.165) is 39.9 Å². The third-order valence-electron chi connectivity index (χ3n) is 5.97. The third-order valence-corrected chi connectivity index (χ3v) is 7.14. The van der Waals surface area contributed by atoms with Crippen LogP contribution < -0.4 is 10.9 Å². The summed E-state index contributed by atoms with van der Waals surface area (Å²) >= 11 is 1.43. The molecule has 0 saturated heterocycles. The molecule has 172 valence electrons. The summed E-state index contributed by atoms with van der Waals surface area (Å²) in [5.41, 5.74) is 2.56. The number of hydrogen-bond donors (Lipinski definition) is 1. The Labute approximate surface area is 200 Å². The molecule has 1 unspecified atom stereocenters. The Morgan fingerprint density at radius 2 is 1.97 bits per heavy atom. The molecule has 34 heavy (non-hydrogen) atoms. The number of fused-ring (bicyclic) bond motifs is 1. The third kappa shape index (κ3) is 4.36. The van der Waals surface area contributed by atoms with Gasteiger partial charge >= 0.3 is 0 Å². The molecule has 5 rings (SSSR count). The van der Waals surface area contributed by atoms with Crippen LogP contribution >= 0.6 is 11.3 Å². The first-order valence-corrected chi connectivity index (χ1v) is 12.0. The van der Waals surface area contributed by atoms with E-state index in [9.17, 15) is 14.4 Å². The first kappa shape index (κ1) is 22.0. The summed E-state index contributed by atoms with van der Waals surface area (Å²) in [5.74, 6) is 0.0987. The highest BCUT2D eigenvalue weighted by molar-refractivity contribution is 7.17. The van der Waals surface area contributed by atoms with Crippen LogP contribution in [0.2, 0.25) is 0 Å². The standard InChI is InChI=1S/C26H23N3O4S/c1-16-9-10-18-21(14-16)34-26(24(18)25(32)20-8-5-13-33-20)27-22(30)15-29-23(31)12-11-19(28-29)17-6-3-2-4-7-17/h2-8,11-13,16H,9-10,14-15H2,1H3,(H,27,30). The van der Waals surface area contributed by atoms with Crippen molar-refractivity contribution in [3.05, 3.63) is 93.0 Å². The van der Waals surface area contributed by atoms with Gasteiger partial charge in [0.2, 0.25) is 11.7 Å². The van der Waals surface area contributed by atoms with E-state index in [1.165, 1.54) is 23.7 Å². The maximum Gasteiger partial charge on any atom is 0.267 e. The molecule has 0 fully saturated rings. The highest BCUT2D eigenvalue weighted by atomic mass is 32.1. The molecule has 1 amide bonds. The van der Waals surface area contributed by atoms with Crippen molar-refractivity contribution in [2.75, 3.05) is 5.32 Å². The smallest absolute Gasteiger partial charge is 0.267 e. The van der Waals surface area contributed by atoms with E-state index >= 15 is 0 Å². The molecule has 1 aromatic carbocycles. The van der Waals surface area contributed by atoms with E-state index in [4.69, 9.17) is 4.42 Å². The van der Waals surface area contributed by atoms with Crippen LogP contribution in [0.25, 0.3) is 11.3 Å². The van der Waals surface area contributed by atoms with Crippen molar-refractivity contribution in [1.82, 2.24) is 9.78 Å². The van der Waals surface area contributed by atoms with Gasteiger partial charge in [0.25, 0.3) is 5.56 Å². The monoisotopic (exact) mass is 473 g/mol. The molecule has 3 heterocycles. The molecule has 0 radical (unpaired) electrons. The number of thiophene rings is 1. The Hall–Kier alpha value is -3.78. The van der Waals surface area contributed by atoms with Crippen molar-refractivity contribution in [3.63, 3.8) is 0 Å². The Kier molecular flexibility index (Phi) is 5.98. The lowest BCUT2D eigenvalue weighted by Gasteiger charge is -2.18. The van der Waals surface area contributed by atoms with Gasteiger partial charge < -0.3 is 9.73 Å². The first-order chi connectivity index (χ1) is 16.5. The quantitative estimate of drug-likeness (QED) is 0.414. The summed E-state index contributed by atoms with van der Waals surface area (Å²) in [6.45, 7) is 1.93.